The molecule has 1 aliphatic heterocycles. The van der Waals surface area contributed by atoms with Crippen LogP contribution in [0.4, 0.5) is 0 Å². The molecule has 2 unspecified atom stereocenters. The number of nitrogens with two attached hydrogens (primary N) is 1. The van der Waals surface area contributed by atoms with Crippen LogP contribution in [0.1, 0.15) is 65.7 Å². The second kappa shape index (κ2) is 10.6. The Kier molecular flexibility index (Phi) is 8.73. The monoisotopic (exact) mass is 407 g/mol. The lowest BCUT2D eigenvalue weighted by molar-refractivity contribution is -0.136. The summed E-state index contributed by atoms with van der Waals surface area (Å²) in [5.41, 5.74) is 5.39. The number of carbonyl (C=O) groups is 1. The second-order valence-corrected chi connectivity index (χ2v) is 9.82. The smallest absolute Gasteiger partial charge is 0.245 e. The van der Waals surface area contributed by atoms with Gasteiger partial charge in [-0.25, -0.2) is 0 Å². The van der Waals surface area contributed by atoms with Crippen molar-refractivity contribution in [1.82, 2.24) is 10.2 Å². The first kappa shape index (κ1) is 23.1. The lowest BCUT2D eigenvalue weighted by Gasteiger charge is -2.36. The van der Waals surface area contributed by atoms with Crippen molar-refractivity contribution >= 4 is 23.1 Å². The van der Waals surface area contributed by atoms with Crippen molar-refractivity contribution in [1.29, 1.82) is 0 Å². The molecule has 2 rings (SSSR count). The summed E-state index contributed by atoms with van der Waals surface area (Å²) in [4.78, 5) is 15.8. The highest BCUT2D eigenvalue weighted by molar-refractivity contribution is 7.80. The van der Waals surface area contributed by atoms with Crippen molar-refractivity contribution < 1.29 is 9.90 Å². The van der Waals surface area contributed by atoms with E-state index in [9.17, 15) is 4.79 Å². The van der Waals surface area contributed by atoms with E-state index < -0.39 is 0 Å². The molecule has 1 saturated heterocycles. The molecular formula is C22H37N3O2S. The number of hydrogen-bond acceptors (Lipinski definition) is 4. The first-order valence-corrected chi connectivity index (χ1v) is 11.1. The Bertz CT molecular complexity index is 599. The van der Waals surface area contributed by atoms with Crippen molar-refractivity contribution in [3.05, 3.63) is 0 Å². The highest BCUT2D eigenvalue weighted by Gasteiger charge is 2.38. The maximum atomic E-state index is 13.3. The van der Waals surface area contributed by atoms with Gasteiger partial charge in [0.2, 0.25) is 5.91 Å². The number of nitrogens with one attached hydrogen (secondary N) is 1. The maximum Gasteiger partial charge on any atom is 0.245 e. The topological polar surface area (TPSA) is 78.6 Å². The minimum atomic E-state index is -0.365. The minimum Gasteiger partial charge on any atom is -0.396 e. The predicted molar refractivity (Wildman–Crippen MR) is 118 cm³/mol. The number of hydrogen-bond donors (Lipinski definition) is 3. The van der Waals surface area contributed by atoms with Gasteiger partial charge in [-0.3, -0.25) is 4.79 Å². The molecule has 28 heavy (non-hydrogen) atoms. The van der Waals surface area contributed by atoms with Gasteiger partial charge in [-0.05, 0) is 49.9 Å². The molecule has 1 aliphatic carbocycles. The number of nitrogens with zero attached hydrogens (tertiary/aromatic N) is 1. The summed E-state index contributed by atoms with van der Waals surface area (Å²) >= 11 is 5.24. The molecule has 2 atom stereocenters. The average molecular weight is 408 g/mol. The molecule has 2 fully saturated rings. The Morgan fingerprint density at radius 1 is 1.39 bits per heavy atom. The molecule has 1 saturated carbocycles. The fourth-order valence-electron chi connectivity index (χ4n) is 4.16. The van der Waals surface area contributed by atoms with Gasteiger partial charge in [0.05, 0.1) is 4.99 Å². The van der Waals surface area contributed by atoms with Gasteiger partial charge >= 0.3 is 0 Å². The number of amides is 1. The molecule has 0 bridgehead atoms. The molecule has 5 nitrogen and oxygen atoms in total. The fourth-order valence-corrected chi connectivity index (χ4v) is 4.28. The largest absolute Gasteiger partial charge is 0.396 e. The van der Waals surface area contributed by atoms with Gasteiger partial charge in [0.15, 0.2) is 0 Å². The summed E-state index contributed by atoms with van der Waals surface area (Å²) in [6, 6.07) is -0.167. The van der Waals surface area contributed by atoms with Crippen LogP contribution in [0.25, 0.3) is 0 Å². The molecular weight excluding hydrogens is 370 g/mol. The van der Waals surface area contributed by atoms with Crippen LogP contribution in [0.5, 0.6) is 0 Å². The number of carbonyl (C=O) groups excluding carboxylic acids is 1. The Labute approximate surface area is 175 Å². The molecule has 0 radical (unpaired) electrons. The normalized spacial score (nSPS) is 25.5. The van der Waals surface area contributed by atoms with Gasteiger partial charge in [-0.1, -0.05) is 38.9 Å². The Morgan fingerprint density at radius 2 is 2.11 bits per heavy atom. The molecule has 0 aromatic heterocycles. The third-order valence-electron chi connectivity index (χ3n) is 5.91. The van der Waals surface area contributed by atoms with Gasteiger partial charge in [0.25, 0.3) is 0 Å². The Balaban J connectivity index is 1.90. The van der Waals surface area contributed by atoms with Crippen LogP contribution in [-0.4, -0.2) is 52.7 Å². The van der Waals surface area contributed by atoms with Crippen molar-refractivity contribution in [3.63, 3.8) is 0 Å². The van der Waals surface area contributed by atoms with Gasteiger partial charge in [0, 0.05) is 38.1 Å². The first-order chi connectivity index (χ1) is 13.3. The zero-order valence-corrected chi connectivity index (χ0v) is 18.5. The van der Waals surface area contributed by atoms with Crippen molar-refractivity contribution in [2.24, 2.45) is 23.0 Å². The lowest BCUT2D eigenvalue weighted by Crippen LogP contribution is -2.56. The summed E-state index contributed by atoms with van der Waals surface area (Å²) in [6.45, 7) is 7.49. The molecule has 1 amide bonds. The number of aliphatic hydroxyl groups is 1. The predicted octanol–water partition coefficient (Wildman–Crippen LogP) is 2.46. The number of thiocarbonyl (C=S) groups is 1. The molecule has 0 spiro atoms. The minimum absolute atomic E-state index is 0.111. The van der Waals surface area contributed by atoms with E-state index in [-0.39, 0.29) is 30.0 Å². The molecule has 0 aromatic rings. The summed E-state index contributed by atoms with van der Waals surface area (Å²) in [5.74, 6) is 8.12. The quantitative estimate of drug-likeness (QED) is 0.446. The van der Waals surface area contributed by atoms with E-state index in [1.54, 1.807) is 0 Å². The van der Waals surface area contributed by atoms with Crippen LogP contribution in [0.3, 0.4) is 0 Å². The summed E-state index contributed by atoms with van der Waals surface area (Å²) in [6.07, 6.45) is 7.14. The van der Waals surface area contributed by atoms with Crippen LogP contribution in [0.15, 0.2) is 0 Å². The van der Waals surface area contributed by atoms with Crippen molar-refractivity contribution in [2.45, 2.75) is 77.8 Å². The zero-order valence-electron chi connectivity index (χ0n) is 17.7. The molecule has 1 heterocycles. The van der Waals surface area contributed by atoms with E-state index in [2.05, 4.69) is 37.9 Å². The van der Waals surface area contributed by atoms with E-state index in [1.807, 2.05) is 4.90 Å². The summed E-state index contributed by atoms with van der Waals surface area (Å²) in [7, 11) is 0. The van der Waals surface area contributed by atoms with Crippen LogP contribution < -0.4 is 11.1 Å². The van der Waals surface area contributed by atoms with Crippen molar-refractivity contribution in [3.8, 4) is 11.8 Å². The van der Waals surface area contributed by atoms with Crippen LogP contribution in [-0.2, 0) is 4.79 Å². The summed E-state index contributed by atoms with van der Waals surface area (Å²) in [5, 5.41) is 12.1. The molecule has 0 aromatic carbocycles. The first-order valence-electron chi connectivity index (χ1n) is 10.7. The van der Waals surface area contributed by atoms with Gasteiger partial charge in [-0.15, -0.1) is 5.92 Å². The molecule has 2 aliphatic rings. The third kappa shape index (κ3) is 6.43. The van der Waals surface area contributed by atoms with E-state index in [0.717, 1.165) is 57.4 Å². The van der Waals surface area contributed by atoms with Gasteiger partial charge < -0.3 is 21.1 Å². The van der Waals surface area contributed by atoms with Crippen molar-refractivity contribution in [2.75, 3.05) is 19.7 Å². The number of rotatable bonds is 7. The van der Waals surface area contributed by atoms with Gasteiger partial charge in [0.1, 0.15) is 6.04 Å². The van der Waals surface area contributed by atoms with Crippen LogP contribution in [0.2, 0.25) is 0 Å². The molecule has 158 valence electrons. The van der Waals surface area contributed by atoms with Crippen LogP contribution >= 0.6 is 12.2 Å². The Morgan fingerprint density at radius 3 is 2.71 bits per heavy atom. The third-order valence-corrected chi connectivity index (χ3v) is 6.20. The average Bonchev–Trinajstić information content (AvgIpc) is 3.07. The number of aliphatic hydroxyl groups excluding tert-OH is 1. The summed E-state index contributed by atoms with van der Waals surface area (Å²) < 4.78 is 0. The standard InChI is InChI=1S/C22H37N3O2S/c1-22(2,3)20(24-19(28)15-23)21(27)25-11-5-10-18(25)9-4-7-16-13-17(14-16)8-6-12-26/h16-18,20,26H,5-6,8-15,23H2,1-3H3,(H,24,28). The SMILES string of the molecule is CC(C)(C)C(NC(=S)CN)C(=O)N1CCCC1CC#CC1CC(CCCO)C1. The Hall–Kier alpha value is -1.16. The lowest BCUT2D eigenvalue weighted by atomic mass is 9.73. The maximum absolute atomic E-state index is 13.3. The van der Waals surface area contributed by atoms with Gasteiger partial charge in [-0.2, -0.15) is 0 Å². The molecule has 6 heteroatoms. The second-order valence-electron chi connectivity index (χ2n) is 9.32. The van der Waals surface area contributed by atoms with Crippen LogP contribution in [0, 0.1) is 29.1 Å². The number of likely N-dealkylation sites (tertiary alicyclic amines) is 1. The fraction of sp³-hybridized carbons (Fsp3) is 0.818. The highest BCUT2D eigenvalue weighted by Crippen LogP contribution is 2.36. The highest BCUT2D eigenvalue weighted by atomic mass is 32.1. The van der Waals surface area contributed by atoms with E-state index in [1.165, 1.54) is 0 Å². The van der Waals surface area contributed by atoms with E-state index in [0.29, 0.717) is 17.5 Å². The molecule has 4 N–H and O–H groups in total. The zero-order chi connectivity index (χ0) is 20.7. The van der Waals surface area contributed by atoms with E-state index >= 15 is 0 Å². The van der Waals surface area contributed by atoms with E-state index in [4.69, 9.17) is 23.1 Å².